The van der Waals surface area contributed by atoms with E-state index in [1.807, 2.05) is 0 Å². The average molecular weight is 307 g/mol. The van der Waals surface area contributed by atoms with Gasteiger partial charge >= 0.3 is 0 Å². The second kappa shape index (κ2) is 6.39. The summed E-state index contributed by atoms with van der Waals surface area (Å²) in [6.07, 6.45) is 21.7. The van der Waals surface area contributed by atoms with Crippen molar-refractivity contribution in [1.29, 1.82) is 0 Å². The SMILES string of the molecule is CC1=C(N(C2=CC=CC2)C2=CC=CCC2)C=C(C(C)(C)C)CC1. The van der Waals surface area contributed by atoms with Crippen molar-refractivity contribution in [2.24, 2.45) is 5.41 Å². The molecule has 0 aromatic carbocycles. The summed E-state index contributed by atoms with van der Waals surface area (Å²) in [6, 6.07) is 0. The molecule has 0 aromatic heterocycles. The van der Waals surface area contributed by atoms with Gasteiger partial charge < -0.3 is 4.90 Å². The molecule has 1 heteroatoms. The van der Waals surface area contributed by atoms with Crippen LogP contribution in [0.5, 0.6) is 0 Å². The zero-order valence-electron chi connectivity index (χ0n) is 15.0. The maximum absolute atomic E-state index is 2.53. The quantitative estimate of drug-likeness (QED) is 0.582. The first-order valence-corrected chi connectivity index (χ1v) is 8.89. The molecule has 122 valence electrons. The summed E-state index contributed by atoms with van der Waals surface area (Å²) < 4.78 is 0. The van der Waals surface area contributed by atoms with Gasteiger partial charge in [0, 0.05) is 23.5 Å². The smallest absolute Gasteiger partial charge is 0.0444 e. The third kappa shape index (κ3) is 3.44. The Balaban J connectivity index is 2.03. The molecule has 0 N–H and O–H groups in total. The van der Waals surface area contributed by atoms with Gasteiger partial charge in [-0.25, -0.2) is 0 Å². The maximum atomic E-state index is 2.53. The largest absolute Gasteiger partial charge is 0.318 e. The van der Waals surface area contributed by atoms with E-state index < -0.39 is 0 Å². The first kappa shape index (κ1) is 16.1. The van der Waals surface area contributed by atoms with Crippen molar-refractivity contribution in [3.8, 4) is 0 Å². The summed E-state index contributed by atoms with van der Waals surface area (Å²) in [5.41, 5.74) is 7.59. The molecular weight excluding hydrogens is 278 g/mol. The van der Waals surface area contributed by atoms with E-state index >= 15 is 0 Å². The van der Waals surface area contributed by atoms with Crippen LogP contribution in [0.1, 0.15) is 59.8 Å². The van der Waals surface area contributed by atoms with Crippen LogP contribution in [0.15, 0.2) is 70.8 Å². The number of hydrogen-bond acceptors (Lipinski definition) is 1. The summed E-state index contributed by atoms with van der Waals surface area (Å²) in [4.78, 5) is 2.53. The monoisotopic (exact) mass is 307 g/mol. The highest BCUT2D eigenvalue weighted by Gasteiger charge is 2.26. The Morgan fingerprint density at radius 3 is 2.26 bits per heavy atom. The van der Waals surface area contributed by atoms with Crippen LogP contribution in [0.4, 0.5) is 0 Å². The van der Waals surface area contributed by atoms with Gasteiger partial charge in [-0.2, -0.15) is 0 Å². The van der Waals surface area contributed by atoms with Crippen LogP contribution in [0.25, 0.3) is 0 Å². The van der Waals surface area contributed by atoms with E-state index in [2.05, 4.69) is 75.1 Å². The molecule has 0 fully saturated rings. The van der Waals surface area contributed by atoms with E-state index in [0.29, 0.717) is 0 Å². The molecule has 3 aliphatic rings. The third-order valence-electron chi connectivity index (χ3n) is 5.04. The van der Waals surface area contributed by atoms with Crippen molar-refractivity contribution >= 4 is 0 Å². The summed E-state index contributed by atoms with van der Waals surface area (Å²) in [7, 11) is 0. The minimum Gasteiger partial charge on any atom is -0.318 e. The average Bonchev–Trinajstić information content (AvgIpc) is 3.03. The zero-order valence-corrected chi connectivity index (χ0v) is 15.0. The molecule has 0 saturated heterocycles. The van der Waals surface area contributed by atoms with Crippen LogP contribution in [0.2, 0.25) is 0 Å². The Hall–Kier alpha value is -1.76. The van der Waals surface area contributed by atoms with E-state index in [1.54, 1.807) is 5.57 Å². The minimum atomic E-state index is 0.251. The highest BCUT2D eigenvalue weighted by molar-refractivity contribution is 5.42. The van der Waals surface area contributed by atoms with Crippen molar-refractivity contribution in [3.63, 3.8) is 0 Å². The van der Waals surface area contributed by atoms with Gasteiger partial charge in [0.05, 0.1) is 0 Å². The predicted octanol–water partition coefficient (Wildman–Crippen LogP) is 6.41. The van der Waals surface area contributed by atoms with Gasteiger partial charge in [0.2, 0.25) is 0 Å². The van der Waals surface area contributed by atoms with Crippen molar-refractivity contribution in [1.82, 2.24) is 4.90 Å². The Morgan fingerprint density at radius 1 is 0.913 bits per heavy atom. The molecule has 0 radical (unpaired) electrons. The van der Waals surface area contributed by atoms with Crippen LogP contribution in [-0.2, 0) is 0 Å². The van der Waals surface area contributed by atoms with Crippen LogP contribution < -0.4 is 0 Å². The fourth-order valence-electron chi connectivity index (χ4n) is 3.53. The highest BCUT2D eigenvalue weighted by Crippen LogP contribution is 2.40. The second-order valence-corrected chi connectivity index (χ2v) is 7.84. The summed E-state index contributed by atoms with van der Waals surface area (Å²) in [6.45, 7) is 9.31. The van der Waals surface area contributed by atoms with Crippen molar-refractivity contribution < 1.29 is 0 Å². The molecule has 23 heavy (non-hydrogen) atoms. The molecule has 3 aliphatic carbocycles. The zero-order chi connectivity index (χ0) is 16.4. The van der Waals surface area contributed by atoms with Gasteiger partial charge in [0.1, 0.15) is 0 Å². The van der Waals surface area contributed by atoms with Crippen LogP contribution in [0.3, 0.4) is 0 Å². The lowest BCUT2D eigenvalue weighted by molar-refractivity contribution is 0.455. The van der Waals surface area contributed by atoms with Gasteiger partial charge in [-0.3, -0.25) is 0 Å². The molecule has 0 unspecified atom stereocenters. The Morgan fingerprint density at radius 2 is 1.65 bits per heavy atom. The number of rotatable bonds is 3. The lowest BCUT2D eigenvalue weighted by Crippen LogP contribution is -2.25. The molecular formula is C22H29N. The normalized spacial score (nSPS) is 21.3. The third-order valence-corrected chi connectivity index (χ3v) is 5.04. The minimum absolute atomic E-state index is 0.251. The molecule has 0 aromatic rings. The predicted molar refractivity (Wildman–Crippen MR) is 99.6 cm³/mol. The van der Waals surface area contributed by atoms with E-state index in [4.69, 9.17) is 0 Å². The molecule has 0 spiro atoms. The van der Waals surface area contributed by atoms with Crippen LogP contribution >= 0.6 is 0 Å². The molecule has 0 saturated carbocycles. The molecule has 3 rings (SSSR count). The van der Waals surface area contributed by atoms with E-state index in [0.717, 1.165) is 19.3 Å². The Bertz CT molecular complexity index is 657. The van der Waals surface area contributed by atoms with Crippen molar-refractivity contribution in [3.05, 3.63) is 70.8 Å². The number of allylic oxidation sites excluding steroid dienone is 10. The molecule has 0 heterocycles. The molecule has 0 atom stereocenters. The first-order valence-electron chi connectivity index (χ1n) is 8.89. The summed E-state index contributed by atoms with van der Waals surface area (Å²) in [5.74, 6) is 0. The van der Waals surface area contributed by atoms with E-state index in [9.17, 15) is 0 Å². The molecule has 0 aliphatic heterocycles. The number of hydrogen-bond donors (Lipinski definition) is 0. The highest BCUT2D eigenvalue weighted by atomic mass is 15.2. The molecule has 1 nitrogen and oxygen atoms in total. The summed E-state index contributed by atoms with van der Waals surface area (Å²) >= 11 is 0. The van der Waals surface area contributed by atoms with Gasteiger partial charge in [-0.05, 0) is 61.8 Å². The lowest BCUT2D eigenvalue weighted by Gasteiger charge is -2.36. The van der Waals surface area contributed by atoms with E-state index in [1.165, 1.54) is 35.5 Å². The van der Waals surface area contributed by atoms with Gasteiger partial charge in [-0.15, -0.1) is 0 Å². The fourth-order valence-corrected chi connectivity index (χ4v) is 3.53. The molecule has 0 amide bonds. The van der Waals surface area contributed by atoms with Crippen LogP contribution in [0, 0.1) is 5.41 Å². The maximum Gasteiger partial charge on any atom is 0.0444 e. The van der Waals surface area contributed by atoms with Crippen molar-refractivity contribution in [2.45, 2.75) is 59.8 Å². The van der Waals surface area contributed by atoms with Crippen molar-refractivity contribution in [2.75, 3.05) is 0 Å². The Kier molecular flexibility index (Phi) is 4.48. The van der Waals surface area contributed by atoms with Gasteiger partial charge in [0.25, 0.3) is 0 Å². The van der Waals surface area contributed by atoms with E-state index in [-0.39, 0.29) is 5.41 Å². The topological polar surface area (TPSA) is 3.24 Å². The Labute approximate surface area is 141 Å². The standard InChI is InChI=1S/C22H29N/c1-17-14-15-18(22(2,3)4)16-21(17)23(20-12-8-9-13-20)19-10-6-5-7-11-19/h5-6,8-10,12,16H,7,11,13-15H2,1-4H3. The van der Waals surface area contributed by atoms with Gasteiger partial charge in [-0.1, -0.05) is 50.6 Å². The van der Waals surface area contributed by atoms with Crippen LogP contribution in [-0.4, -0.2) is 4.90 Å². The number of nitrogens with zero attached hydrogens (tertiary/aromatic N) is 1. The summed E-state index contributed by atoms with van der Waals surface area (Å²) in [5, 5.41) is 0. The molecule has 0 bridgehead atoms. The first-order chi connectivity index (χ1) is 11.0. The second-order valence-electron chi connectivity index (χ2n) is 7.84. The fraction of sp³-hybridized carbons (Fsp3) is 0.455. The lowest BCUT2D eigenvalue weighted by atomic mass is 9.79. The van der Waals surface area contributed by atoms with Gasteiger partial charge in [0.15, 0.2) is 0 Å².